The number of sulfone groups is 1. The third-order valence-electron chi connectivity index (χ3n) is 4.17. The lowest BCUT2D eigenvalue weighted by Crippen LogP contribution is -2.46. The first-order chi connectivity index (χ1) is 12.4. The molecule has 10 heteroatoms. The molecule has 0 saturated heterocycles. The maximum atomic E-state index is 12.6. The quantitative estimate of drug-likeness (QED) is 0.701. The molecule has 1 aromatic heterocycles. The van der Waals surface area contributed by atoms with Gasteiger partial charge in [-0.05, 0) is 23.5 Å². The van der Waals surface area contributed by atoms with Gasteiger partial charge in [0.25, 0.3) is 0 Å². The van der Waals surface area contributed by atoms with Crippen LogP contribution >= 0.6 is 0 Å². The lowest BCUT2D eigenvalue weighted by molar-refractivity contribution is -0.144. The van der Waals surface area contributed by atoms with Crippen LogP contribution in [0.2, 0.25) is 0 Å². The van der Waals surface area contributed by atoms with Gasteiger partial charge in [0.1, 0.15) is 15.4 Å². The molecule has 1 heterocycles. The minimum atomic E-state index is -3.27. The number of halogens is 2. The molecule has 148 valence electrons. The van der Waals surface area contributed by atoms with Crippen LogP contribution in [0.4, 0.5) is 8.78 Å². The summed E-state index contributed by atoms with van der Waals surface area (Å²) in [7, 11) is -3.27. The maximum absolute atomic E-state index is 12.6. The largest absolute Gasteiger partial charge is 0.480 e. The zero-order chi connectivity index (χ0) is 20.4. The van der Waals surface area contributed by atoms with E-state index in [0.717, 1.165) is 6.26 Å². The Bertz CT molecular complexity index is 913. The highest BCUT2D eigenvalue weighted by atomic mass is 32.2. The van der Waals surface area contributed by atoms with Gasteiger partial charge < -0.3 is 10.8 Å². The Morgan fingerprint density at radius 1 is 1.30 bits per heavy atom. The highest BCUT2D eigenvalue weighted by Gasteiger charge is 2.38. The Balaban J connectivity index is 2.28. The summed E-state index contributed by atoms with van der Waals surface area (Å²) in [4.78, 5) is 11.8. The van der Waals surface area contributed by atoms with Crippen LogP contribution in [-0.4, -0.2) is 41.3 Å². The van der Waals surface area contributed by atoms with E-state index < -0.39 is 33.8 Å². The van der Waals surface area contributed by atoms with E-state index in [-0.39, 0.29) is 12.2 Å². The highest BCUT2D eigenvalue weighted by molar-refractivity contribution is 7.90. The van der Waals surface area contributed by atoms with Crippen LogP contribution in [-0.2, 0) is 20.2 Å². The minimum absolute atomic E-state index is 0.0714. The van der Waals surface area contributed by atoms with Gasteiger partial charge in [-0.15, -0.1) is 0 Å². The molecular weight excluding hydrogens is 380 g/mol. The van der Waals surface area contributed by atoms with E-state index in [9.17, 15) is 27.1 Å². The summed E-state index contributed by atoms with van der Waals surface area (Å²) in [6.45, 7) is -1.13. The zero-order valence-corrected chi connectivity index (χ0v) is 15.7. The number of hydrogen-bond donors (Lipinski definition) is 2. The van der Waals surface area contributed by atoms with Gasteiger partial charge in [-0.25, -0.2) is 17.9 Å². The number of alkyl halides is 2. The molecule has 0 aliphatic heterocycles. The summed E-state index contributed by atoms with van der Waals surface area (Å²) in [5, 5.41) is 13.2. The van der Waals surface area contributed by atoms with Crippen LogP contribution in [0.5, 0.6) is 0 Å². The smallest absolute Gasteiger partial charge is 0.333 e. The van der Waals surface area contributed by atoms with Crippen molar-refractivity contribution in [2.75, 3.05) is 12.0 Å². The summed E-state index contributed by atoms with van der Waals surface area (Å²) < 4.78 is 48.6. The molecule has 0 radical (unpaired) electrons. The van der Waals surface area contributed by atoms with Crippen LogP contribution in [0.25, 0.3) is 11.1 Å². The predicted molar refractivity (Wildman–Crippen MR) is 95.9 cm³/mol. The van der Waals surface area contributed by atoms with Crippen molar-refractivity contribution in [3.63, 3.8) is 0 Å². The summed E-state index contributed by atoms with van der Waals surface area (Å²) in [6.07, 6.45) is 3.47. The molecule has 7 nitrogen and oxygen atoms in total. The van der Waals surface area contributed by atoms with Gasteiger partial charge >= 0.3 is 12.5 Å². The van der Waals surface area contributed by atoms with Gasteiger partial charge in [-0.3, -0.25) is 0 Å². The number of nitrogens with zero attached hydrogens (tertiary/aromatic N) is 2. The second kappa shape index (κ2) is 7.73. The molecule has 2 rings (SSSR count). The fourth-order valence-corrected chi connectivity index (χ4v) is 4.16. The number of carbonyl (C=O) groups is 1. The SMILES string of the molecule is CC(C[C@](N)(C(=O)O)c1ccc(-c2cnn(C(F)F)c2)cc1)CS(C)(=O)=O. The fourth-order valence-electron chi connectivity index (χ4n) is 3.01. The van der Waals surface area contributed by atoms with Gasteiger partial charge in [0.05, 0.1) is 11.9 Å². The van der Waals surface area contributed by atoms with Gasteiger partial charge in [0, 0.05) is 18.0 Å². The molecule has 0 spiro atoms. The second-order valence-corrected chi connectivity index (χ2v) is 8.93. The highest BCUT2D eigenvalue weighted by Crippen LogP contribution is 2.30. The molecule has 0 amide bonds. The Hall–Kier alpha value is -2.33. The van der Waals surface area contributed by atoms with Crippen LogP contribution in [0.3, 0.4) is 0 Å². The number of carboxylic acids is 1. The standard InChI is InChI=1S/C17H21F2N3O4S/c1-11(10-27(2,25)26)7-17(20,15(23)24)14-5-3-12(4-6-14)13-8-21-22(9-13)16(18)19/h3-6,8-9,11,16H,7,10,20H2,1-2H3,(H,23,24)/t11?,17-/m1/s1. The lowest BCUT2D eigenvalue weighted by Gasteiger charge is -2.28. The first-order valence-corrected chi connectivity index (χ1v) is 10.1. The molecule has 0 saturated carbocycles. The van der Waals surface area contributed by atoms with Crippen molar-refractivity contribution in [3.8, 4) is 11.1 Å². The normalized spacial score (nSPS) is 15.5. The fraction of sp³-hybridized carbons (Fsp3) is 0.412. The van der Waals surface area contributed by atoms with Crippen LogP contribution in [0.1, 0.15) is 25.5 Å². The number of nitrogens with two attached hydrogens (primary N) is 1. The van der Waals surface area contributed by atoms with E-state index in [2.05, 4.69) is 5.10 Å². The first kappa shape index (κ1) is 21.0. The van der Waals surface area contributed by atoms with Gasteiger partial charge in [0.2, 0.25) is 0 Å². The van der Waals surface area contributed by atoms with Crippen LogP contribution in [0.15, 0.2) is 36.7 Å². The first-order valence-electron chi connectivity index (χ1n) is 8.05. The lowest BCUT2D eigenvalue weighted by atomic mass is 9.83. The van der Waals surface area contributed by atoms with Gasteiger partial charge in [-0.2, -0.15) is 13.9 Å². The van der Waals surface area contributed by atoms with Crippen molar-refractivity contribution >= 4 is 15.8 Å². The van der Waals surface area contributed by atoms with Crippen LogP contribution < -0.4 is 5.73 Å². The van der Waals surface area contributed by atoms with Crippen molar-refractivity contribution in [1.29, 1.82) is 0 Å². The summed E-state index contributed by atoms with van der Waals surface area (Å²) >= 11 is 0. The second-order valence-electron chi connectivity index (χ2n) is 6.74. The molecule has 1 aromatic carbocycles. The van der Waals surface area contributed by atoms with E-state index in [4.69, 9.17) is 5.73 Å². The van der Waals surface area contributed by atoms with Crippen LogP contribution in [0, 0.1) is 5.92 Å². The van der Waals surface area contributed by atoms with E-state index in [1.54, 1.807) is 19.1 Å². The maximum Gasteiger partial charge on any atom is 0.333 e. The van der Waals surface area contributed by atoms with Crippen molar-refractivity contribution in [1.82, 2.24) is 9.78 Å². The third kappa shape index (κ3) is 5.10. The van der Waals surface area contributed by atoms with Crippen molar-refractivity contribution in [2.24, 2.45) is 11.7 Å². The van der Waals surface area contributed by atoms with E-state index >= 15 is 0 Å². The molecule has 0 bridgehead atoms. The van der Waals surface area contributed by atoms with E-state index in [1.807, 2.05) is 0 Å². The number of hydrogen-bond acceptors (Lipinski definition) is 5. The van der Waals surface area contributed by atoms with Crippen molar-refractivity contribution in [2.45, 2.75) is 25.4 Å². The molecule has 2 atom stereocenters. The minimum Gasteiger partial charge on any atom is -0.480 e. The van der Waals surface area contributed by atoms with Crippen molar-refractivity contribution < 1.29 is 27.1 Å². The van der Waals surface area contributed by atoms with Gasteiger partial charge in [0.15, 0.2) is 0 Å². The molecule has 2 aromatic rings. The van der Waals surface area contributed by atoms with Crippen molar-refractivity contribution in [3.05, 3.63) is 42.2 Å². The Labute approximate surface area is 155 Å². The van der Waals surface area contributed by atoms with Gasteiger partial charge in [-0.1, -0.05) is 31.2 Å². The third-order valence-corrected chi connectivity index (χ3v) is 5.35. The molecule has 0 fully saturated rings. The number of benzene rings is 1. The summed E-state index contributed by atoms with van der Waals surface area (Å²) in [5.41, 5.74) is 5.65. The molecule has 1 unspecified atom stereocenters. The Kier molecular flexibility index (Phi) is 6.01. The average Bonchev–Trinajstić information content (AvgIpc) is 3.03. The Morgan fingerprint density at radius 3 is 2.33 bits per heavy atom. The number of carboxylic acid groups (broad SMARTS) is 1. The van der Waals surface area contributed by atoms with E-state index in [0.29, 0.717) is 21.4 Å². The summed E-state index contributed by atoms with van der Waals surface area (Å²) in [6, 6.07) is 6.12. The number of aliphatic carboxylic acids is 1. The molecule has 27 heavy (non-hydrogen) atoms. The molecule has 0 aliphatic rings. The van der Waals surface area contributed by atoms with E-state index in [1.165, 1.54) is 24.5 Å². The topological polar surface area (TPSA) is 115 Å². The Morgan fingerprint density at radius 2 is 1.89 bits per heavy atom. The zero-order valence-electron chi connectivity index (χ0n) is 14.8. The monoisotopic (exact) mass is 401 g/mol. The molecular formula is C17H21F2N3O4S. The number of aromatic nitrogens is 2. The summed E-state index contributed by atoms with van der Waals surface area (Å²) in [5.74, 6) is -1.92. The molecule has 3 N–H and O–H groups in total. The predicted octanol–water partition coefficient (Wildman–Crippen LogP) is 2.25. The average molecular weight is 401 g/mol. The molecule has 0 aliphatic carbocycles. The number of rotatable bonds is 8.